The zero-order valence-electron chi connectivity index (χ0n) is 71.3. The first-order chi connectivity index (χ1) is 62.4. The van der Waals surface area contributed by atoms with Gasteiger partial charge in [-0.1, -0.05) is 0 Å². The Balaban J connectivity index is 0.882. The topological polar surface area (TPSA) is 897 Å². The monoisotopic (exact) mass is 1930 g/mol. The van der Waals surface area contributed by atoms with E-state index in [9.17, 15) is 167 Å². The van der Waals surface area contributed by atoms with Crippen molar-refractivity contribution in [3.8, 4) is 0 Å². The number of amides is 4. The second kappa shape index (κ2) is 47.0. The van der Waals surface area contributed by atoms with Crippen LogP contribution in [0.3, 0.4) is 0 Å². The Hall–Kier alpha value is -4.12. The van der Waals surface area contributed by atoms with Gasteiger partial charge in [0, 0.05) is 27.7 Å². The summed E-state index contributed by atoms with van der Waals surface area (Å²) in [5.41, 5.74) is 0. The molecule has 132 heavy (non-hydrogen) atoms. The molecule has 33 N–H and O–H groups in total. The zero-order valence-corrected chi connectivity index (χ0v) is 71.3. The molecule has 11 heterocycles. The average molecular weight is 1930 g/mol. The molecular weight excluding hydrogens is 1810 g/mol. The molecule has 4 amide bonds. The molecule has 0 radical (unpaired) electrons. The third-order valence-electron chi connectivity index (χ3n) is 24.5. The number of hydrogen-bond donors (Lipinski definition) is 33. The van der Waals surface area contributed by atoms with Crippen LogP contribution < -0.4 is 21.3 Å². The first-order valence-corrected chi connectivity index (χ1v) is 42.4. The number of nitrogens with one attached hydrogen (secondary N) is 4. The molecule has 58 heteroatoms. The summed E-state index contributed by atoms with van der Waals surface area (Å²) in [5, 5.41) is 336. The summed E-state index contributed by atoms with van der Waals surface area (Å²) in [4.78, 5) is 52.7. The molecule has 11 aliphatic heterocycles. The van der Waals surface area contributed by atoms with E-state index in [1.807, 2.05) is 0 Å². The van der Waals surface area contributed by atoms with Crippen molar-refractivity contribution in [2.45, 2.75) is 379 Å². The highest BCUT2D eigenvalue weighted by Gasteiger charge is 2.64. The molecule has 55 atom stereocenters. The Bertz CT molecular complexity index is 3610. The third-order valence-corrected chi connectivity index (χ3v) is 24.5. The van der Waals surface area contributed by atoms with Crippen molar-refractivity contribution < 1.29 is 267 Å². The van der Waals surface area contributed by atoms with Crippen molar-refractivity contribution in [1.29, 1.82) is 0 Å². The van der Waals surface area contributed by atoms with E-state index in [1.165, 1.54) is 13.8 Å². The third kappa shape index (κ3) is 23.4. The van der Waals surface area contributed by atoms with Gasteiger partial charge in [0.05, 0.1) is 71.7 Å². The van der Waals surface area contributed by atoms with Crippen LogP contribution in [0, 0.1) is 0 Å². The predicted octanol–water partition coefficient (Wildman–Crippen LogP) is -22.3. The fourth-order valence-electron chi connectivity index (χ4n) is 17.4. The van der Waals surface area contributed by atoms with Gasteiger partial charge in [-0.15, -0.1) is 0 Å². The number of hydrogen-bond acceptors (Lipinski definition) is 54. The van der Waals surface area contributed by atoms with E-state index in [0.29, 0.717) is 0 Å². The maximum Gasteiger partial charge on any atom is 0.217 e. The minimum atomic E-state index is -2.45. The summed E-state index contributed by atoms with van der Waals surface area (Å²) in [6.45, 7) is -4.38. The Morgan fingerprint density at radius 1 is 0.197 bits per heavy atom. The quantitative estimate of drug-likeness (QED) is 0.0290. The van der Waals surface area contributed by atoms with Gasteiger partial charge < -0.3 is 269 Å². The maximum absolute atomic E-state index is 13.7. The molecule has 0 aliphatic carbocycles. The fraction of sp³-hybridized carbons (Fsp3) is 0.946. The van der Waals surface area contributed by atoms with Crippen LogP contribution in [0.1, 0.15) is 41.5 Å². The predicted molar refractivity (Wildman–Crippen MR) is 406 cm³/mol. The van der Waals surface area contributed by atoms with E-state index < -0.39 is 421 Å². The van der Waals surface area contributed by atoms with Crippen molar-refractivity contribution in [2.24, 2.45) is 0 Å². The maximum atomic E-state index is 13.7. The van der Waals surface area contributed by atoms with Gasteiger partial charge in [-0.25, -0.2) is 0 Å². The highest BCUT2D eigenvalue weighted by atomic mass is 16.8. The minimum absolute atomic E-state index is 0.880. The van der Waals surface area contributed by atoms with Crippen LogP contribution in [0.5, 0.6) is 0 Å². The van der Waals surface area contributed by atoms with Gasteiger partial charge in [-0.2, -0.15) is 0 Å². The summed E-state index contributed by atoms with van der Waals surface area (Å²) < 4.78 is 126. The van der Waals surface area contributed by atoms with Crippen molar-refractivity contribution in [3.05, 3.63) is 0 Å². The highest BCUT2D eigenvalue weighted by Crippen LogP contribution is 2.43. The molecule has 0 spiro atoms. The second-order valence-corrected chi connectivity index (χ2v) is 33.7. The minimum Gasteiger partial charge on any atom is -0.394 e. The molecule has 58 nitrogen and oxygen atoms in total. The van der Waals surface area contributed by atoms with Crippen LogP contribution in [0.15, 0.2) is 0 Å². The summed E-state index contributed by atoms with van der Waals surface area (Å²) in [7, 11) is 0. The Morgan fingerprint density at radius 3 is 0.780 bits per heavy atom. The average Bonchev–Trinajstić information content (AvgIpc) is 0.753. The van der Waals surface area contributed by atoms with Gasteiger partial charge in [-0.3, -0.25) is 19.2 Å². The van der Waals surface area contributed by atoms with Crippen molar-refractivity contribution in [1.82, 2.24) is 21.3 Å². The number of carbonyl (C=O) groups excluding carboxylic acids is 4. The van der Waals surface area contributed by atoms with Crippen molar-refractivity contribution >= 4 is 23.6 Å². The summed E-state index contributed by atoms with van der Waals surface area (Å²) in [6, 6.07) is -8.01. The molecular formula is C74H124N4O54. The van der Waals surface area contributed by atoms with Crippen molar-refractivity contribution in [3.63, 3.8) is 0 Å². The molecule has 11 fully saturated rings. The van der Waals surface area contributed by atoms with Crippen LogP contribution in [0.2, 0.25) is 0 Å². The number of carbonyl (C=O) groups is 4. The molecule has 0 aromatic rings. The molecule has 0 aromatic carbocycles. The zero-order chi connectivity index (χ0) is 97.1. The lowest BCUT2D eigenvalue weighted by molar-refractivity contribution is -0.409. The van der Waals surface area contributed by atoms with Gasteiger partial charge in [-0.05, 0) is 13.8 Å². The molecule has 0 saturated carbocycles. The smallest absolute Gasteiger partial charge is 0.217 e. The Morgan fingerprint density at radius 2 is 0.432 bits per heavy atom. The number of aliphatic hydroxyl groups excluding tert-OH is 29. The van der Waals surface area contributed by atoms with Crippen LogP contribution in [-0.2, 0) is 119 Å². The van der Waals surface area contributed by atoms with Crippen molar-refractivity contribution in [2.75, 3.05) is 59.5 Å². The molecule has 11 aliphatic rings. The lowest BCUT2D eigenvalue weighted by Gasteiger charge is -2.53. The van der Waals surface area contributed by atoms with E-state index >= 15 is 0 Å². The largest absolute Gasteiger partial charge is 0.394 e. The summed E-state index contributed by atoms with van der Waals surface area (Å²) in [5.74, 6) is -3.94. The van der Waals surface area contributed by atoms with E-state index in [-0.39, 0.29) is 0 Å². The van der Waals surface area contributed by atoms with Gasteiger partial charge in [0.2, 0.25) is 23.6 Å². The molecule has 0 aromatic heterocycles. The van der Waals surface area contributed by atoms with Crippen LogP contribution in [0.4, 0.5) is 0 Å². The number of rotatable bonds is 33. The number of ether oxygens (including phenoxy) is 21. The fourth-order valence-corrected chi connectivity index (χ4v) is 17.4. The van der Waals surface area contributed by atoms with Gasteiger partial charge in [0.15, 0.2) is 69.2 Å². The second-order valence-electron chi connectivity index (χ2n) is 33.7. The van der Waals surface area contributed by atoms with Gasteiger partial charge in [0.25, 0.3) is 0 Å². The molecule has 0 unspecified atom stereocenters. The van der Waals surface area contributed by atoms with Gasteiger partial charge >= 0.3 is 0 Å². The first-order valence-electron chi connectivity index (χ1n) is 42.4. The Kier molecular flexibility index (Phi) is 38.5. The normalized spacial score (nSPS) is 50.4. The SMILES string of the molecule is CC(=O)N[C@H]1[C@H](O[C@H]2[C@@H](O)[C@@H](CO)O[C@@H](O[C@H]3[C@H](O)[C@@H](O)[C@H](O)O[C@@H]3CO)[C@@H]2O)O[C@H](CO)[C@@H](O[C@@H]2O[C@H](CO)[C@H](O)[C@H](O[C@@H]3O[C@H](CO)[C@@H](O[C@@H]4O[C@H](CO)[C@H](O)[C@H](O[C@H]5O[C@H](CO)[C@H](O)[C@H](O[C@@H]6O[C@H](CO)[C@H](O)[C@H](O[C@H]7O[C@H](CO)[C@H](O)[C@H](O)[C@H]7NC(C)=O)[C@H]6O[C@@H]6O[C@@H](C)[C@@H](O)[C@@H](O)[C@@H]6O)[C@H]5NC(C)=O)[C@H]4O[C@@H]4O[C@@H](C)[C@@H](O)[C@@H](O)[C@@H]4O)[C@H](O)[C@H]3NC(C)=O)[C@H]2O)[C@@H]1O. The highest BCUT2D eigenvalue weighted by molar-refractivity contribution is 5.74. The van der Waals surface area contributed by atoms with Gasteiger partial charge in [0.1, 0.15) is 256 Å². The number of aliphatic hydroxyl groups is 29. The molecule has 11 saturated heterocycles. The summed E-state index contributed by atoms with van der Waals surface area (Å²) in [6.07, 6.45) is -107. The standard InChI is InChI=1S/C74H124N4O54/c1-16-35(92)46(103)50(107)69(112-16)131-62-61(130-68-34(78-21(6)91)57(38(95)23(8-80)116-68)126-74-63(132-70-51(108)47(104)36(93)17(2)113-70)60(41(98)27(12-84)120-74)129-65-31(75-18(3)88)43(100)37(94)22(7-79)115-65)42(99)26(11-83)119-73(62)125-55-30(15-87)122-67(33(45(55)102)77-20(5)90)127-58-39(96)24(9-81)117-71(52(58)109)123-54-29(14-86)121-66(32(44(54)101)76-19(4)89)128-59-40(97)25(10-82)118-72(53(59)110)124-56-28(13-85)114-64(111)49(106)48(56)105/h16-17,22-74,79-87,92-111H,7-15H2,1-6H3,(H,75,88)(H,76,89)(H,77,90)(H,78,91)/t16-,17-,22+,23+,24+,25+,26+,27+,28+,29+,30+,31+,32+,33+,34+,35+,36+,37-,38-,39-,40-,41-,42-,43+,44+,45+,46+,47+,48+,49+,50-,51-,52+,53+,54+,55+,56+,57+,58-,59-,60-,61-,62+,63+,64+,65+,66-,67-,68+,69-,70-,71-,72-,73-,74-/m0/s1. The Labute approximate surface area is 748 Å². The summed E-state index contributed by atoms with van der Waals surface area (Å²) >= 11 is 0. The molecule has 0 bridgehead atoms. The first kappa shape index (κ1) is 108. The van der Waals surface area contributed by atoms with Crippen LogP contribution in [0.25, 0.3) is 0 Å². The lowest BCUT2D eigenvalue weighted by atomic mass is 9.93. The van der Waals surface area contributed by atoms with E-state index in [4.69, 9.17) is 99.5 Å². The van der Waals surface area contributed by atoms with E-state index in [1.54, 1.807) is 0 Å². The van der Waals surface area contributed by atoms with Crippen LogP contribution in [-0.4, -0.2) is 569 Å². The molecule has 11 rings (SSSR count). The van der Waals surface area contributed by atoms with E-state index in [2.05, 4.69) is 21.3 Å². The molecule has 764 valence electrons. The lowest BCUT2D eigenvalue weighted by Crippen LogP contribution is -2.72. The van der Waals surface area contributed by atoms with E-state index in [0.717, 1.165) is 27.7 Å². The van der Waals surface area contributed by atoms with Crippen LogP contribution >= 0.6 is 0 Å².